The van der Waals surface area contributed by atoms with Gasteiger partial charge in [-0.2, -0.15) is 18.4 Å². The van der Waals surface area contributed by atoms with E-state index >= 15 is 0 Å². The third-order valence-corrected chi connectivity index (χ3v) is 5.81. The van der Waals surface area contributed by atoms with Crippen molar-refractivity contribution in [1.82, 2.24) is 20.5 Å². The summed E-state index contributed by atoms with van der Waals surface area (Å²) in [6.07, 6.45) is 0.807. The molecule has 2 heterocycles. The van der Waals surface area contributed by atoms with Gasteiger partial charge in [0.15, 0.2) is 0 Å². The van der Waals surface area contributed by atoms with Crippen molar-refractivity contribution in [2.45, 2.75) is 65.3 Å². The number of hydrogen-bond acceptors (Lipinski definition) is 5. The van der Waals surface area contributed by atoms with Crippen LogP contribution in [0.15, 0.2) is 30.6 Å². The molecule has 1 aromatic heterocycles. The summed E-state index contributed by atoms with van der Waals surface area (Å²) in [5.41, 5.74) is -1.03. The van der Waals surface area contributed by atoms with Crippen LogP contribution in [-0.2, 0) is 14.4 Å². The van der Waals surface area contributed by atoms with Gasteiger partial charge >= 0.3 is 12.1 Å². The van der Waals surface area contributed by atoms with Crippen molar-refractivity contribution in [2.24, 2.45) is 17.3 Å². The number of halogens is 4. The van der Waals surface area contributed by atoms with Gasteiger partial charge in [0.1, 0.15) is 23.9 Å². The number of allylic oxidation sites excluding steroid dienone is 1. The zero-order valence-corrected chi connectivity index (χ0v) is 21.3. The van der Waals surface area contributed by atoms with Crippen molar-refractivity contribution in [3.05, 3.63) is 42.0 Å². The molecule has 0 radical (unpaired) electrons. The molecule has 2 rings (SSSR count). The van der Waals surface area contributed by atoms with Gasteiger partial charge in [-0.15, -0.1) is 0 Å². The van der Waals surface area contributed by atoms with Crippen LogP contribution >= 0.6 is 0 Å². The van der Waals surface area contributed by atoms with Crippen LogP contribution in [-0.4, -0.2) is 52.4 Å². The van der Waals surface area contributed by atoms with Gasteiger partial charge < -0.3 is 15.5 Å². The Morgan fingerprint density at radius 1 is 1.19 bits per heavy atom. The Labute approximate surface area is 213 Å². The predicted octanol–water partition coefficient (Wildman–Crippen LogP) is 3.42. The minimum atomic E-state index is -5.20. The number of alkyl halides is 3. The molecule has 4 atom stereocenters. The van der Waals surface area contributed by atoms with Gasteiger partial charge in [0.25, 0.3) is 0 Å². The van der Waals surface area contributed by atoms with E-state index in [0.717, 1.165) is 17.2 Å². The van der Waals surface area contributed by atoms with Crippen molar-refractivity contribution in [2.75, 3.05) is 6.54 Å². The number of aromatic nitrogens is 1. The third kappa shape index (κ3) is 8.00. The molecule has 0 aromatic carbocycles. The van der Waals surface area contributed by atoms with Crippen molar-refractivity contribution >= 4 is 17.7 Å². The summed E-state index contributed by atoms with van der Waals surface area (Å²) in [5, 5.41) is 13.8. The van der Waals surface area contributed by atoms with Crippen LogP contribution in [0.4, 0.5) is 17.6 Å². The maximum atomic E-state index is 13.6. The lowest BCUT2D eigenvalue weighted by molar-refractivity contribution is -0.176. The monoisotopic (exact) mass is 525 g/mol. The van der Waals surface area contributed by atoms with Gasteiger partial charge in [0.05, 0.1) is 12.3 Å². The summed E-state index contributed by atoms with van der Waals surface area (Å²) in [4.78, 5) is 43.3. The smallest absolute Gasteiger partial charge is 0.336 e. The molecule has 1 aliphatic heterocycles. The van der Waals surface area contributed by atoms with E-state index in [2.05, 4.69) is 10.3 Å². The van der Waals surface area contributed by atoms with Crippen molar-refractivity contribution in [1.29, 1.82) is 5.26 Å². The highest BCUT2D eigenvalue weighted by Gasteiger charge is 2.48. The number of carbonyl (C=O) groups excluding carboxylic acids is 3. The summed E-state index contributed by atoms with van der Waals surface area (Å²) in [6.45, 7) is 8.38. The number of hydrogen-bond donors (Lipinski definition) is 2. The molecule has 3 amide bonds. The number of nitriles is 1. The topological polar surface area (TPSA) is 115 Å². The van der Waals surface area contributed by atoms with Gasteiger partial charge in [-0.05, 0) is 29.7 Å². The maximum absolute atomic E-state index is 13.6. The average Bonchev–Trinajstić information content (AvgIpc) is 3.22. The highest BCUT2D eigenvalue weighted by atomic mass is 19.4. The second-order valence-corrected chi connectivity index (χ2v) is 10.4. The van der Waals surface area contributed by atoms with E-state index in [1.165, 1.54) is 27.0 Å². The van der Waals surface area contributed by atoms with E-state index in [-0.39, 0.29) is 30.4 Å². The molecule has 12 heteroatoms. The first-order chi connectivity index (χ1) is 17.0. The number of likely N-dealkylation sites (tertiary alicyclic amines) is 1. The fourth-order valence-electron chi connectivity index (χ4n) is 3.92. The Bertz CT molecular complexity index is 1080. The molecule has 2 N–H and O–H groups in total. The van der Waals surface area contributed by atoms with E-state index in [1.54, 1.807) is 5.32 Å². The quantitative estimate of drug-likeness (QED) is 0.418. The highest BCUT2D eigenvalue weighted by Crippen LogP contribution is 2.31. The molecule has 37 heavy (non-hydrogen) atoms. The zero-order chi connectivity index (χ0) is 28.1. The van der Waals surface area contributed by atoms with Gasteiger partial charge in [-0.3, -0.25) is 19.4 Å². The predicted molar refractivity (Wildman–Crippen MR) is 126 cm³/mol. The van der Waals surface area contributed by atoms with Crippen molar-refractivity contribution in [3.63, 3.8) is 0 Å². The van der Waals surface area contributed by atoms with Crippen LogP contribution in [0.5, 0.6) is 0 Å². The Morgan fingerprint density at radius 3 is 2.35 bits per heavy atom. The van der Waals surface area contributed by atoms with Gasteiger partial charge in [0.2, 0.25) is 11.8 Å². The molecule has 0 aliphatic carbocycles. The summed E-state index contributed by atoms with van der Waals surface area (Å²) in [5.74, 6) is -4.69. The second-order valence-electron chi connectivity index (χ2n) is 10.4. The first-order valence-corrected chi connectivity index (χ1v) is 11.7. The van der Waals surface area contributed by atoms with Crippen LogP contribution in [0.1, 0.15) is 52.6 Å². The van der Waals surface area contributed by atoms with Gasteiger partial charge in [0, 0.05) is 18.3 Å². The van der Waals surface area contributed by atoms with Crippen LogP contribution in [0, 0.1) is 34.4 Å². The molecule has 0 bridgehead atoms. The number of rotatable bonds is 7. The number of carbonyl (C=O) groups is 3. The molecule has 8 nitrogen and oxygen atoms in total. The van der Waals surface area contributed by atoms with Crippen LogP contribution in [0.25, 0.3) is 0 Å². The van der Waals surface area contributed by atoms with Gasteiger partial charge in [-0.1, -0.05) is 46.8 Å². The molecular formula is C25H31F4N5O3. The lowest BCUT2D eigenvalue weighted by atomic mass is 9.85. The zero-order valence-electron chi connectivity index (χ0n) is 21.3. The molecule has 1 aromatic rings. The molecule has 1 fully saturated rings. The molecule has 1 saturated heterocycles. The van der Waals surface area contributed by atoms with Crippen LogP contribution in [0.3, 0.4) is 0 Å². The summed E-state index contributed by atoms with van der Waals surface area (Å²) in [7, 11) is 0. The molecule has 202 valence electrons. The van der Waals surface area contributed by atoms with Crippen LogP contribution < -0.4 is 10.6 Å². The molecule has 0 saturated carbocycles. The fraction of sp³-hybridized carbons (Fsp3) is 0.560. The SMILES string of the molecule is CC(C)/C=C/[C@@H]1C[C@@H](C(=O)NC(C#N)c2cncc(F)c2)N(C(=O)[C@@H](NC(=O)C(F)(F)F)C(C)(C)C)C1. The van der Waals surface area contributed by atoms with Gasteiger partial charge in [-0.25, -0.2) is 4.39 Å². The van der Waals surface area contributed by atoms with E-state index in [9.17, 15) is 37.2 Å². The third-order valence-electron chi connectivity index (χ3n) is 5.81. The Kier molecular flexibility index (Phi) is 9.41. The lowest BCUT2D eigenvalue weighted by Gasteiger charge is -2.35. The first kappa shape index (κ1) is 29.7. The summed E-state index contributed by atoms with van der Waals surface area (Å²) >= 11 is 0. The minimum absolute atomic E-state index is 0.0212. The fourth-order valence-corrected chi connectivity index (χ4v) is 3.92. The lowest BCUT2D eigenvalue weighted by Crippen LogP contribution is -2.59. The highest BCUT2D eigenvalue weighted by molar-refractivity contribution is 5.94. The van der Waals surface area contributed by atoms with Crippen molar-refractivity contribution < 1.29 is 31.9 Å². The number of pyridine rings is 1. The normalized spacial score (nSPS) is 20.0. The Hall–Kier alpha value is -3.49. The molecule has 1 aliphatic rings. The number of nitrogens with zero attached hydrogens (tertiary/aromatic N) is 3. The minimum Gasteiger partial charge on any atom is -0.336 e. The van der Waals surface area contributed by atoms with E-state index in [0.29, 0.717) is 0 Å². The van der Waals surface area contributed by atoms with Crippen molar-refractivity contribution in [3.8, 4) is 6.07 Å². The first-order valence-electron chi connectivity index (χ1n) is 11.7. The van der Waals surface area contributed by atoms with E-state index < -0.39 is 53.3 Å². The molecular weight excluding hydrogens is 494 g/mol. The second kappa shape index (κ2) is 11.7. The van der Waals surface area contributed by atoms with E-state index in [1.807, 2.05) is 32.1 Å². The Balaban J connectivity index is 2.38. The standard InChI is InChI=1S/C25H31F4N5O3/c1-14(2)6-7-15-8-19(21(35)32-18(10-30)16-9-17(26)12-31-11-16)34(13-15)22(36)20(24(3,4)5)33-23(37)25(27,28)29/h6-7,9,11-12,14-15,18-20H,8,13H2,1-5H3,(H,32,35)(H,33,37)/b7-6+/t15-,18?,19+,20-/m1/s1. The molecule has 1 unspecified atom stereocenters. The Morgan fingerprint density at radius 2 is 1.84 bits per heavy atom. The van der Waals surface area contributed by atoms with Crippen LogP contribution in [0.2, 0.25) is 0 Å². The summed E-state index contributed by atoms with van der Waals surface area (Å²) in [6, 6.07) is -1.11. The average molecular weight is 526 g/mol. The number of nitrogens with one attached hydrogen (secondary N) is 2. The summed E-state index contributed by atoms with van der Waals surface area (Å²) < 4.78 is 52.5. The van der Waals surface area contributed by atoms with E-state index in [4.69, 9.17) is 0 Å². The maximum Gasteiger partial charge on any atom is 0.471 e. The largest absolute Gasteiger partial charge is 0.471 e. The number of amides is 3. The molecule has 0 spiro atoms.